The van der Waals surface area contributed by atoms with Crippen molar-refractivity contribution in [2.24, 2.45) is 0 Å². The number of benzene rings is 3. The first kappa shape index (κ1) is 21.1. The Kier molecular flexibility index (Phi) is 6.65. The lowest BCUT2D eigenvalue weighted by Gasteiger charge is -2.34. The van der Waals surface area contributed by atoms with Crippen molar-refractivity contribution in [3.63, 3.8) is 0 Å². The van der Waals surface area contributed by atoms with E-state index in [1.54, 1.807) is 24.3 Å². The van der Waals surface area contributed by atoms with Gasteiger partial charge in [0.2, 0.25) is 0 Å². The molecule has 2 amide bonds. The van der Waals surface area contributed by atoms with Crippen molar-refractivity contribution in [2.45, 2.75) is 6.54 Å². The summed E-state index contributed by atoms with van der Waals surface area (Å²) in [4.78, 5) is 29.2. The van der Waals surface area contributed by atoms with Gasteiger partial charge in [-0.3, -0.25) is 14.5 Å². The molecule has 0 bridgehead atoms. The highest BCUT2D eigenvalue weighted by Crippen LogP contribution is 2.15. The number of carbonyl (C=O) groups is 2. The van der Waals surface area contributed by atoms with Crippen LogP contribution in [0.2, 0.25) is 5.02 Å². The van der Waals surface area contributed by atoms with Crippen LogP contribution in [-0.2, 0) is 6.54 Å². The number of para-hydroxylation sites is 1. The molecule has 0 atom stereocenters. The van der Waals surface area contributed by atoms with Crippen LogP contribution in [0.4, 0.5) is 5.69 Å². The van der Waals surface area contributed by atoms with E-state index in [1.807, 2.05) is 59.5 Å². The third-order valence-corrected chi connectivity index (χ3v) is 5.66. The van der Waals surface area contributed by atoms with Crippen LogP contribution in [0, 0.1) is 0 Å². The summed E-state index contributed by atoms with van der Waals surface area (Å²) in [6.45, 7) is 3.81. The Bertz CT molecular complexity index is 1030. The maximum absolute atomic E-state index is 12.6. The second-order valence-corrected chi connectivity index (χ2v) is 8.03. The third-order valence-electron chi connectivity index (χ3n) is 5.40. The molecule has 1 saturated heterocycles. The van der Waals surface area contributed by atoms with Crippen molar-refractivity contribution >= 4 is 29.1 Å². The Morgan fingerprint density at radius 2 is 1.39 bits per heavy atom. The average Bonchev–Trinajstić information content (AvgIpc) is 2.81. The smallest absolute Gasteiger partial charge is 0.255 e. The lowest BCUT2D eigenvalue weighted by molar-refractivity contribution is 0.0628. The topological polar surface area (TPSA) is 52.7 Å². The van der Waals surface area contributed by atoms with Gasteiger partial charge >= 0.3 is 0 Å². The van der Waals surface area contributed by atoms with Gasteiger partial charge in [0.15, 0.2) is 0 Å². The molecule has 6 heteroatoms. The van der Waals surface area contributed by atoms with Gasteiger partial charge in [0.25, 0.3) is 11.8 Å². The second kappa shape index (κ2) is 9.77. The molecule has 1 fully saturated rings. The summed E-state index contributed by atoms with van der Waals surface area (Å²) in [5, 5.41) is 3.53. The Balaban J connectivity index is 1.28. The van der Waals surface area contributed by atoms with Gasteiger partial charge in [-0.15, -0.1) is 0 Å². The molecule has 0 unspecified atom stereocenters. The first-order valence-corrected chi connectivity index (χ1v) is 10.7. The summed E-state index contributed by atoms with van der Waals surface area (Å²) >= 11 is 5.91. The fourth-order valence-electron chi connectivity index (χ4n) is 3.63. The fraction of sp³-hybridized carbons (Fsp3) is 0.200. The predicted octanol–water partition coefficient (Wildman–Crippen LogP) is 4.55. The van der Waals surface area contributed by atoms with Crippen molar-refractivity contribution in [1.29, 1.82) is 0 Å². The van der Waals surface area contributed by atoms with Crippen LogP contribution >= 0.6 is 11.6 Å². The average molecular weight is 434 g/mol. The maximum atomic E-state index is 12.6. The summed E-state index contributed by atoms with van der Waals surface area (Å²) in [5.41, 5.74) is 3.23. The van der Waals surface area contributed by atoms with Crippen LogP contribution in [0.3, 0.4) is 0 Å². The molecule has 1 heterocycles. The van der Waals surface area contributed by atoms with Crippen LogP contribution < -0.4 is 5.32 Å². The normalized spacial score (nSPS) is 14.3. The number of anilines is 1. The van der Waals surface area contributed by atoms with Gasteiger partial charge in [0, 0.05) is 54.6 Å². The summed E-state index contributed by atoms with van der Waals surface area (Å²) in [7, 11) is 0. The molecule has 31 heavy (non-hydrogen) atoms. The minimum absolute atomic E-state index is 0.0464. The number of rotatable bonds is 5. The van der Waals surface area contributed by atoms with Gasteiger partial charge in [-0.25, -0.2) is 0 Å². The summed E-state index contributed by atoms with van der Waals surface area (Å²) < 4.78 is 0. The first-order valence-electron chi connectivity index (χ1n) is 10.3. The summed E-state index contributed by atoms with van der Waals surface area (Å²) in [6, 6.07) is 24.1. The number of nitrogens with zero attached hydrogens (tertiary/aromatic N) is 2. The fourth-order valence-corrected chi connectivity index (χ4v) is 3.75. The number of carbonyl (C=O) groups excluding carboxylic acids is 2. The van der Waals surface area contributed by atoms with Crippen LogP contribution in [0.1, 0.15) is 26.3 Å². The van der Waals surface area contributed by atoms with Crippen LogP contribution in [0.25, 0.3) is 0 Å². The SMILES string of the molecule is O=C(Nc1ccccc1)c1ccc(CN2CCN(C(=O)c3ccc(Cl)cc3)CC2)cc1. The Hall–Kier alpha value is -3.15. The zero-order chi connectivity index (χ0) is 21.6. The number of nitrogens with one attached hydrogen (secondary N) is 1. The van der Waals surface area contributed by atoms with Crippen molar-refractivity contribution in [3.05, 3.63) is 101 Å². The maximum Gasteiger partial charge on any atom is 0.255 e. The molecule has 158 valence electrons. The quantitative estimate of drug-likeness (QED) is 0.642. The van der Waals surface area contributed by atoms with Gasteiger partial charge in [-0.1, -0.05) is 41.9 Å². The number of amides is 2. The van der Waals surface area contributed by atoms with Crippen molar-refractivity contribution in [3.8, 4) is 0 Å². The Morgan fingerprint density at radius 3 is 2.03 bits per heavy atom. The van der Waals surface area contributed by atoms with Gasteiger partial charge in [0.1, 0.15) is 0 Å². The van der Waals surface area contributed by atoms with Crippen LogP contribution in [0.5, 0.6) is 0 Å². The molecule has 1 N–H and O–H groups in total. The van der Waals surface area contributed by atoms with E-state index in [0.717, 1.165) is 30.9 Å². The minimum Gasteiger partial charge on any atom is -0.336 e. The van der Waals surface area contributed by atoms with Crippen LogP contribution in [0.15, 0.2) is 78.9 Å². The first-order chi connectivity index (χ1) is 15.1. The highest BCUT2D eigenvalue weighted by Gasteiger charge is 2.22. The number of halogens is 1. The molecule has 0 aliphatic carbocycles. The van der Waals surface area contributed by atoms with Gasteiger partial charge in [-0.2, -0.15) is 0 Å². The van der Waals surface area contributed by atoms with E-state index in [2.05, 4.69) is 10.2 Å². The molecule has 0 radical (unpaired) electrons. The van der Waals surface area contributed by atoms with Crippen molar-refractivity contribution in [1.82, 2.24) is 9.80 Å². The van der Waals surface area contributed by atoms with E-state index >= 15 is 0 Å². The van der Waals surface area contributed by atoms with Crippen molar-refractivity contribution in [2.75, 3.05) is 31.5 Å². The molecule has 1 aliphatic rings. The highest BCUT2D eigenvalue weighted by molar-refractivity contribution is 6.30. The molecule has 0 aromatic heterocycles. The van der Waals surface area contributed by atoms with Gasteiger partial charge < -0.3 is 10.2 Å². The molecule has 4 rings (SSSR count). The Morgan fingerprint density at radius 1 is 0.774 bits per heavy atom. The molecule has 5 nitrogen and oxygen atoms in total. The largest absolute Gasteiger partial charge is 0.336 e. The molecular formula is C25H24ClN3O2. The summed E-state index contributed by atoms with van der Waals surface area (Å²) in [6.07, 6.45) is 0. The molecule has 0 spiro atoms. The molecule has 3 aromatic carbocycles. The predicted molar refractivity (Wildman–Crippen MR) is 123 cm³/mol. The van der Waals surface area contributed by atoms with E-state index < -0.39 is 0 Å². The molecule has 1 aliphatic heterocycles. The van der Waals surface area contributed by atoms with Gasteiger partial charge in [-0.05, 0) is 54.1 Å². The standard InChI is InChI=1S/C25H24ClN3O2/c26-22-12-10-21(11-13-22)25(31)29-16-14-28(15-17-29)18-19-6-8-20(9-7-19)24(30)27-23-4-2-1-3-5-23/h1-13H,14-18H2,(H,27,30). The highest BCUT2D eigenvalue weighted by atomic mass is 35.5. The van der Waals surface area contributed by atoms with Crippen LogP contribution in [-0.4, -0.2) is 47.8 Å². The molecule has 3 aromatic rings. The molecule has 0 saturated carbocycles. The number of hydrogen-bond donors (Lipinski definition) is 1. The zero-order valence-electron chi connectivity index (χ0n) is 17.1. The number of piperazine rings is 1. The van der Waals surface area contributed by atoms with E-state index in [0.29, 0.717) is 29.2 Å². The molecular weight excluding hydrogens is 410 g/mol. The number of hydrogen-bond acceptors (Lipinski definition) is 3. The monoisotopic (exact) mass is 433 g/mol. The lowest BCUT2D eigenvalue weighted by Crippen LogP contribution is -2.48. The van der Waals surface area contributed by atoms with Gasteiger partial charge in [0.05, 0.1) is 0 Å². The van der Waals surface area contributed by atoms with E-state index in [1.165, 1.54) is 0 Å². The Labute approximate surface area is 187 Å². The van der Waals surface area contributed by atoms with E-state index in [4.69, 9.17) is 11.6 Å². The summed E-state index contributed by atoms with van der Waals surface area (Å²) in [5.74, 6) is -0.0721. The van der Waals surface area contributed by atoms with E-state index in [-0.39, 0.29) is 11.8 Å². The van der Waals surface area contributed by atoms with Crippen molar-refractivity contribution < 1.29 is 9.59 Å². The lowest BCUT2D eigenvalue weighted by atomic mass is 10.1. The van der Waals surface area contributed by atoms with E-state index in [9.17, 15) is 9.59 Å². The zero-order valence-corrected chi connectivity index (χ0v) is 17.9. The third kappa shape index (κ3) is 5.51. The second-order valence-electron chi connectivity index (χ2n) is 7.59. The minimum atomic E-state index is -0.118.